The van der Waals surface area contributed by atoms with Crippen LogP contribution in [0.15, 0.2) is 59.4 Å². The molecule has 0 saturated heterocycles. The molecule has 2 aromatic carbocycles. The highest BCUT2D eigenvalue weighted by Gasteiger charge is 2.15. The molecular weight excluding hydrogens is 412 g/mol. The van der Waals surface area contributed by atoms with E-state index in [4.69, 9.17) is 16.3 Å². The summed E-state index contributed by atoms with van der Waals surface area (Å²) < 4.78 is 6.42. The normalized spacial score (nSPS) is 10.5. The number of benzene rings is 2. The highest BCUT2D eigenvalue weighted by Crippen LogP contribution is 2.27. The van der Waals surface area contributed by atoms with Gasteiger partial charge in [-0.05, 0) is 49.4 Å². The Morgan fingerprint density at radius 1 is 1.20 bits per heavy atom. The van der Waals surface area contributed by atoms with Crippen molar-refractivity contribution in [3.05, 3.63) is 80.1 Å². The van der Waals surface area contributed by atoms with Gasteiger partial charge in [-0.15, -0.1) is 0 Å². The van der Waals surface area contributed by atoms with Crippen molar-refractivity contribution in [2.45, 2.75) is 13.5 Å². The molecule has 0 bridgehead atoms. The summed E-state index contributed by atoms with van der Waals surface area (Å²) in [6, 6.07) is 13.9. The Hall–Kier alpha value is -3.72. The van der Waals surface area contributed by atoms with Gasteiger partial charge in [0.25, 0.3) is 11.2 Å². The number of hydrogen-bond donors (Lipinski definition) is 1. The minimum Gasteiger partial charge on any atom is -0.494 e. The fraction of sp³-hybridized carbons (Fsp3) is 0.150. The lowest BCUT2D eigenvalue weighted by molar-refractivity contribution is -0.384. The first kappa shape index (κ1) is 21.0. The van der Waals surface area contributed by atoms with Crippen LogP contribution in [0.2, 0.25) is 5.02 Å². The van der Waals surface area contributed by atoms with E-state index in [0.717, 1.165) is 16.3 Å². The molecule has 0 aliphatic rings. The second-order valence-electron chi connectivity index (χ2n) is 6.14. The van der Waals surface area contributed by atoms with E-state index >= 15 is 0 Å². The van der Waals surface area contributed by atoms with Crippen LogP contribution in [0.5, 0.6) is 5.75 Å². The number of nitro groups is 1. The molecule has 30 heavy (non-hydrogen) atoms. The number of hydrogen-bond acceptors (Lipinski definition) is 6. The molecule has 0 aliphatic heterocycles. The van der Waals surface area contributed by atoms with Crippen molar-refractivity contribution in [1.29, 1.82) is 0 Å². The number of anilines is 1. The SMILES string of the molecule is CCOc1ccc(-c2ccc(=O)n(CC(=O)Nc3ccc(Cl)c([N+](=O)[O-])c3)n2)cc1. The molecule has 10 heteroatoms. The third kappa shape index (κ3) is 5.00. The molecular formula is C20H17ClN4O5. The minimum absolute atomic E-state index is 0.0426. The molecule has 0 saturated carbocycles. The summed E-state index contributed by atoms with van der Waals surface area (Å²) in [4.78, 5) is 34.8. The summed E-state index contributed by atoms with van der Waals surface area (Å²) in [6.07, 6.45) is 0. The van der Waals surface area contributed by atoms with Crippen molar-refractivity contribution in [2.24, 2.45) is 0 Å². The zero-order valence-electron chi connectivity index (χ0n) is 15.9. The van der Waals surface area contributed by atoms with Gasteiger partial charge in [-0.3, -0.25) is 19.7 Å². The van der Waals surface area contributed by atoms with Crippen LogP contribution in [0.25, 0.3) is 11.3 Å². The monoisotopic (exact) mass is 428 g/mol. The van der Waals surface area contributed by atoms with Gasteiger partial charge >= 0.3 is 0 Å². The van der Waals surface area contributed by atoms with E-state index in [9.17, 15) is 19.7 Å². The zero-order chi connectivity index (χ0) is 21.7. The number of ether oxygens (including phenoxy) is 1. The lowest BCUT2D eigenvalue weighted by atomic mass is 10.1. The van der Waals surface area contributed by atoms with Crippen LogP contribution >= 0.6 is 11.6 Å². The van der Waals surface area contributed by atoms with Gasteiger partial charge < -0.3 is 10.1 Å². The Balaban J connectivity index is 1.77. The third-order valence-electron chi connectivity index (χ3n) is 4.05. The van der Waals surface area contributed by atoms with Crippen LogP contribution in [-0.4, -0.2) is 27.2 Å². The summed E-state index contributed by atoms with van der Waals surface area (Å²) in [6.45, 7) is 2.08. The van der Waals surface area contributed by atoms with Crippen LogP contribution in [0.4, 0.5) is 11.4 Å². The highest BCUT2D eigenvalue weighted by atomic mass is 35.5. The van der Waals surface area contributed by atoms with Crippen LogP contribution < -0.4 is 15.6 Å². The predicted molar refractivity (Wildman–Crippen MR) is 112 cm³/mol. The maximum Gasteiger partial charge on any atom is 0.289 e. The number of amides is 1. The van der Waals surface area contributed by atoms with Crippen molar-refractivity contribution in [3.8, 4) is 17.0 Å². The van der Waals surface area contributed by atoms with Crippen molar-refractivity contribution in [2.75, 3.05) is 11.9 Å². The van der Waals surface area contributed by atoms with E-state index in [2.05, 4.69) is 10.4 Å². The van der Waals surface area contributed by atoms with Crippen molar-refractivity contribution in [3.63, 3.8) is 0 Å². The molecule has 1 N–H and O–H groups in total. The molecule has 0 unspecified atom stereocenters. The van der Waals surface area contributed by atoms with E-state index in [1.54, 1.807) is 30.3 Å². The molecule has 0 spiro atoms. The molecule has 1 heterocycles. The Kier molecular flexibility index (Phi) is 6.43. The molecule has 3 aromatic rings. The Morgan fingerprint density at radius 2 is 1.93 bits per heavy atom. The second kappa shape index (κ2) is 9.19. The lowest BCUT2D eigenvalue weighted by Crippen LogP contribution is -2.29. The number of rotatable bonds is 7. The number of halogens is 1. The molecule has 1 amide bonds. The minimum atomic E-state index is -0.648. The van der Waals surface area contributed by atoms with Crippen LogP contribution in [0.1, 0.15) is 6.92 Å². The largest absolute Gasteiger partial charge is 0.494 e. The van der Waals surface area contributed by atoms with E-state index in [-0.39, 0.29) is 22.9 Å². The van der Waals surface area contributed by atoms with Crippen molar-refractivity contribution < 1.29 is 14.5 Å². The molecule has 3 rings (SSSR count). The van der Waals surface area contributed by atoms with Gasteiger partial charge in [0.1, 0.15) is 17.3 Å². The van der Waals surface area contributed by atoms with E-state index < -0.39 is 16.4 Å². The van der Waals surface area contributed by atoms with Gasteiger partial charge in [0.05, 0.1) is 17.2 Å². The van der Waals surface area contributed by atoms with Gasteiger partial charge in [-0.1, -0.05) is 11.6 Å². The fourth-order valence-corrected chi connectivity index (χ4v) is 2.86. The van der Waals surface area contributed by atoms with Crippen LogP contribution in [-0.2, 0) is 11.3 Å². The Bertz CT molecular complexity index is 1140. The molecule has 9 nitrogen and oxygen atoms in total. The summed E-state index contributed by atoms with van der Waals surface area (Å²) in [5.74, 6) is 0.149. The van der Waals surface area contributed by atoms with Gasteiger partial charge in [0, 0.05) is 23.4 Å². The van der Waals surface area contributed by atoms with E-state index in [1.165, 1.54) is 18.2 Å². The van der Waals surface area contributed by atoms with Crippen LogP contribution in [0, 0.1) is 10.1 Å². The average Bonchev–Trinajstić information content (AvgIpc) is 2.72. The summed E-state index contributed by atoms with van der Waals surface area (Å²) in [5.41, 5.74) is 0.657. The van der Waals surface area contributed by atoms with E-state index in [0.29, 0.717) is 18.1 Å². The third-order valence-corrected chi connectivity index (χ3v) is 4.37. The fourth-order valence-electron chi connectivity index (χ4n) is 2.67. The average molecular weight is 429 g/mol. The number of nitrogens with one attached hydrogen (secondary N) is 1. The molecule has 0 aliphatic carbocycles. The summed E-state index contributed by atoms with van der Waals surface area (Å²) in [7, 11) is 0. The maximum atomic E-state index is 12.3. The van der Waals surface area contributed by atoms with Crippen molar-refractivity contribution in [1.82, 2.24) is 9.78 Å². The number of aromatic nitrogens is 2. The first-order chi connectivity index (χ1) is 14.4. The van der Waals surface area contributed by atoms with Gasteiger partial charge in [0.15, 0.2) is 0 Å². The first-order valence-electron chi connectivity index (χ1n) is 8.92. The Morgan fingerprint density at radius 3 is 2.60 bits per heavy atom. The van der Waals surface area contributed by atoms with Crippen molar-refractivity contribution >= 4 is 28.9 Å². The number of carbonyl (C=O) groups excluding carboxylic acids is 1. The van der Waals surface area contributed by atoms with Gasteiger partial charge in [-0.2, -0.15) is 5.10 Å². The van der Waals surface area contributed by atoms with Crippen LogP contribution in [0.3, 0.4) is 0 Å². The quantitative estimate of drug-likeness (QED) is 0.454. The summed E-state index contributed by atoms with van der Waals surface area (Å²) in [5, 5.41) is 17.7. The molecule has 0 fully saturated rings. The molecule has 154 valence electrons. The summed E-state index contributed by atoms with van der Waals surface area (Å²) >= 11 is 5.76. The number of carbonyl (C=O) groups is 1. The highest BCUT2D eigenvalue weighted by molar-refractivity contribution is 6.32. The van der Waals surface area contributed by atoms with Gasteiger partial charge in [-0.25, -0.2) is 4.68 Å². The molecule has 0 atom stereocenters. The standard InChI is InChI=1S/C20H17ClN4O5/c1-2-30-15-6-3-13(4-7-15)17-9-10-20(27)24(23-17)12-19(26)22-14-5-8-16(21)18(11-14)25(28)29/h3-11H,2,12H2,1H3,(H,22,26). The first-order valence-corrected chi connectivity index (χ1v) is 9.30. The number of nitro benzene ring substituents is 1. The van der Waals surface area contributed by atoms with E-state index in [1.807, 2.05) is 6.92 Å². The predicted octanol–water partition coefficient (Wildman–Crippen LogP) is 3.51. The topological polar surface area (TPSA) is 116 Å². The van der Waals surface area contributed by atoms with Gasteiger partial charge in [0.2, 0.25) is 5.91 Å². The lowest BCUT2D eigenvalue weighted by Gasteiger charge is -2.09. The zero-order valence-corrected chi connectivity index (χ0v) is 16.6. The molecule has 0 radical (unpaired) electrons. The second-order valence-corrected chi connectivity index (χ2v) is 6.55. The molecule has 1 aromatic heterocycles. The number of nitrogens with zero attached hydrogens (tertiary/aromatic N) is 3. The smallest absolute Gasteiger partial charge is 0.289 e. The maximum absolute atomic E-state index is 12.3. The Labute approximate surface area is 176 Å².